The van der Waals surface area contributed by atoms with Crippen molar-refractivity contribution in [3.05, 3.63) is 42.0 Å². The first kappa shape index (κ1) is 16.2. The number of ether oxygens (including phenoxy) is 1. The zero-order valence-corrected chi connectivity index (χ0v) is 13.7. The Hall–Kier alpha value is -2.70. The van der Waals surface area contributed by atoms with Crippen molar-refractivity contribution in [3.63, 3.8) is 0 Å². The van der Waals surface area contributed by atoms with Crippen molar-refractivity contribution < 1.29 is 9.53 Å². The quantitative estimate of drug-likeness (QED) is 0.812. The van der Waals surface area contributed by atoms with Crippen molar-refractivity contribution in [3.8, 4) is 5.88 Å². The third-order valence-electron chi connectivity index (χ3n) is 3.81. The zero-order chi connectivity index (χ0) is 16.8. The molecule has 1 fully saturated rings. The molecule has 0 radical (unpaired) electrons. The molecule has 1 N–H and O–H groups in total. The summed E-state index contributed by atoms with van der Waals surface area (Å²) in [7, 11) is 0. The molecule has 0 aliphatic carbocycles. The number of pyridine rings is 1. The van der Waals surface area contributed by atoms with Crippen LogP contribution < -0.4 is 15.0 Å². The first-order valence-corrected chi connectivity index (χ1v) is 8.14. The minimum absolute atomic E-state index is 0.141. The summed E-state index contributed by atoms with van der Waals surface area (Å²) < 4.78 is 5.67. The molecule has 0 bridgehead atoms. The van der Waals surface area contributed by atoms with Gasteiger partial charge in [-0.05, 0) is 31.9 Å². The number of nitrogens with zero attached hydrogens (tertiary/aromatic N) is 4. The fourth-order valence-corrected chi connectivity index (χ4v) is 2.63. The number of aromatic nitrogens is 3. The summed E-state index contributed by atoms with van der Waals surface area (Å²) in [5, 5.41) is 2.81. The molecule has 126 valence electrons. The van der Waals surface area contributed by atoms with Crippen LogP contribution in [0.15, 0.2) is 30.6 Å². The predicted octanol–water partition coefficient (Wildman–Crippen LogP) is 1.59. The van der Waals surface area contributed by atoms with E-state index in [4.69, 9.17) is 4.74 Å². The summed E-state index contributed by atoms with van der Waals surface area (Å²) in [4.78, 5) is 26.8. The maximum absolute atomic E-state index is 11.9. The minimum atomic E-state index is -0.141. The second-order valence-electron chi connectivity index (χ2n) is 5.65. The fraction of sp³-hybridized carbons (Fsp3) is 0.412. The van der Waals surface area contributed by atoms with Gasteiger partial charge in [0.2, 0.25) is 5.88 Å². The van der Waals surface area contributed by atoms with Gasteiger partial charge in [-0.15, -0.1) is 0 Å². The van der Waals surface area contributed by atoms with E-state index in [1.54, 1.807) is 24.5 Å². The van der Waals surface area contributed by atoms with Crippen LogP contribution in [0.2, 0.25) is 0 Å². The molecule has 1 saturated heterocycles. The molecule has 2 aromatic rings. The molecule has 3 rings (SSSR count). The van der Waals surface area contributed by atoms with Crippen molar-refractivity contribution in [1.29, 1.82) is 0 Å². The van der Waals surface area contributed by atoms with E-state index in [2.05, 4.69) is 25.2 Å². The maximum atomic E-state index is 11.9. The Bertz CT molecular complexity index is 687. The van der Waals surface area contributed by atoms with E-state index in [9.17, 15) is 4.79 Å². The summed E-state index contributed by atoms with van der Waals surface area (Å²) in [5.74, 6) is 2.01. The van der Waals surface area contributed by atoms with E-state index >= 15 is 0 Å². The maximum Gasteiger partial charge on any atom is 0.251 e. The fourth-order valence-electron chi connectivity index (χ4n) is 2.63. The molecule has 0 unspecified atom stereocenters. The first-order chi connectivity index (χ1) is 11.7. The molecule has 2 aromatic heterocycles. The highest BCUT2D eigenvalue weighted by Gasteiger charge is 2.15. The summed E-state index contributed by atoms with van der Waals surface area (Å²) in [6.07, 6.45) is 5.57. The summed E-state index contributed by atoms with van der Waals surface area (Å²) in [6.45, 7) is 4.67. The number of anilines is 1. The summed E-state index contributed by atoms with van der Waals surface area (Å²) in [6, 6.07) is 5.21. The molecule has 0 spiro atoms. The van der Waals surface area contributed by atoms with Crippen molar-refractivity contribution in [2.24, 2.45) is 0 Å². The Kier molecular flexibility index (Phi) is 5.20. The second-order valence-corrected chi connectivity index (χ2v) is 5.65. The standard InChI is InChI=1S/C17H21N5O2/c1-13-20-15(22-9-2-3-10-22)12-16(21-13)24-11-8-19-17(23)14-4-6-18-7-5-14/h4-7,12H,2-3,8-11H2,1H3,(H,19,23). The van der Waals surface area contributed by atoms with Gasteiger partial charge in [0.1, 0.15) is 18.2 Å². The molecule has 3 heterocycles. The first-order valence-electron chi connectivity index (χ1n) is 8.14. The topological polar surface area (TPSA) is 80.2 Å². The van der Waals surface area contributed by atoms with Gasteiger partial charge in [0.25, 0.3) is 5.91 Å². The van der Waals surface area contributed by atoms with E-state index in [1.165, 1.54) is 12.8 Å². The van der Waals surface area contributed by atoms with Crippen LogP contribution in [-0.2, 0) is 0 Å². The second kappa shape index (κ2) is 7.72. The van der Waals surface area contributed by atoms with E-state index in [0.29, 0.717) is 30.4 Å². The highest BCUT2D eigenvalue weighted by molar-refractivity contribution is 5.93. The molecule has 0 atom stereocenters. The van der Waals surface area contributed by atoms with Crippen LogP contribution in [0.5, 0.6) is 5.88 Å². The van der Waals surface area contributed by atoms with Crippen molar-refractivity contribution in [2.45, 2.75) is 19.8 Å². The van der Waals surface area contributed by atoms with Crippen LogP contribution in [0.4, 0.5) is 5.82 Å². The van der Waals surface area contributed by atoms with Crippen molar-refractivity contribution >= 4 is 11.7 Å². The number of amides is 1. The molecule has 1 aliphatic heterocycles. The molecular formula is C17H21N5O2. The third-order valence-corrected chi connectivity index (χ3v) is 3.81. The van der Waals surface area contributed by atoms with Gasteiger partial charge >= 0.3 is 0 Å². The number of nitrogens with one attached hydrogen (secondary N) is 1. The smallest absolute Gasteiger partial charge is 0.251 e. The molecule has 1 aliphatic rings. The summed E-state index contributed by atoms with van der Waals surface area (Å²) in [5.41, 5.74) is 0.583. The van der Waals surface area contributed by atoms with Gasteiger partial charge in [0, 0.05) is 37.1 Å². The molecule has 7 nitrogen and oxygen atoms in total. The molecule has 24 heavy (non-hydrogen) atoms. The van der Waals surface area contributed by atoms with Crippen LogP contribution in [0.3, 0.4) is 0 Å². The normalized spacial score (nSPS) is 13.8. The average Bonchev–Trinajstić information content (AvgIpc) is 3.13. The molecule has 0 saturated carbocycles. The van der Waals surface area contributed by atoms with E-state index < -0.39 is 0 Å². The van der Waals surface area contributed by atoms with Gasteiger partial charge in [0.05, 0.1) is 6.54 Å². The third kappa shape index (κ3) is 4.18. The SMILES string of the molecule is Cc1nc(OCCNC(=O)c2ccncc2)cc(N2CCCC2)n1. The van der Waals surface area contributed by atoms with Gasteiger partial charge in [-0.3, -0.25) is 9.78 Å². The van der Waals surface area contributed by atoms with E-state index in [1.807, 2.05) is 13.0 Å². The van der Waals surface area contributed by atoms with Crippen LogP contribution in [0.25, 0.3) is 0 Å². The number of aryl methyl sites for hydroxylation is 1. The van der Waals surface area contributed by atoms with Crippen LogP contribution in [0.1, 0.15) is 29.0 Å². The Morgan fingerprint density at radius 2 is 2.00 bits per heavy atom. The number of hydrogen-bond acceptors (Lipinski definition) is 6. The van der Waals surface area contributed by atoms with Crippen LogP contribution in [-0.4, -0.2) is 47.1 Å². The molecule has 7 heteroatoms. The van der Waals surface area contributed by atoms with Crippen LogP contribution >= 0.6 is 0 Å². The Morgan fingerprint density at radius 1 is 1.25 bits per heavy atom. The minimum Gasteiger partial charge on any atom is -0.476 e. The van der Waals surface area contributed by atoms with Crippen molar-refractivity contribution in [2.75, 3.05) is 31.1 Å². The lowest BCUT2D eigenvalue weighted by Crippen LogP contribution is -2.28. The van der Waals surface area contributed by atoms with E-state index in [0.717, 1.165) is 18.9 Å². The molecular weight excluding hydrogens is 306 g/mol. The van der Waals surface area contributed by atoms with Gasteiger partial charge in [-0.2, -0.15) is 4.98 Å². The van der Waals surface area contributed by atoms with Gasteiger partial charge in [-0.25, -0.2) is 4.98 Å². The van der Waals surface area contributed by atoms with Crippen molar-refractivity contribution in [1.82, 2.24) is 20.3 Å². The van der Waals surface area contributed by atoms with Gasteiger partial charge in [-0.1, -0.05) is 0 Å². The Labute approximate surface area is 141 Å². The Morgan fingerprint density at radius 3 is 2.75 bits per heavy atom. The number of carbonyl (C=O) groups is 1. The van der Waals surface area contributed by atoms with Crippen LogP contribution in [0, 0.1) is 6.92 Å². The largest absolute Gasteiger partial charge is 0.476 e. The number of hydrogen-bond donors (Lipinski definition) is 1. The van der Waals surface area contributed by atoms with E-state index in [-0.39, 0.29) is 5.91 Å². The monoisotopic (exact) mass is 327 g/mol. The lowest BCUT2D eigenvalue weighted by molar-refractivity contribution is 0.0946. The zero-order valence-electron chi connectivity index (χ0n) is 13.7. The number of carbonyl (C=O) groups excluding carboxylic acids is 1. The lowest BCUT2D eigenvalue weighted by atomic mass is 10.2. The predicted molar refractivity (Wildman–Crippen MR) is 90.3 cm³/mol. The highest BCUT2D eigenvalue weighted by Crippen LogP contribution is 2.21. The van der Waals surface area contributed by atoms with Gasteiger partial charge in [0.15, 0.2) is 0 Å². The average molecular weight is 327 g/mol. The lowest BCUT2D eigenvalue weighted by Gasteiger charge is -2.17. The molecule has 1 amide bonds. The summed E-state index contributed by atoms with van der Waals surface area (Å²) >= 11 is 0. The molecule has 0 aromatic carbocycles. The van der Waals surface area contributed by atoms with Gasteiger partial charge < -0.3 is 15.0 Å². The Balaban J connectivity index is 1.50. The highest BCUT2D eigenvalue weighted by atomic mass is 16.5. The number of rotatable bonds is 6.